The van der Waals surface area contributed by atoms with Crippen molar-refractivity contribution in [3.8, 4) is 0 Å². The standard InChI is InChI=1S/C15H26N2O3/c1-17-8-6-12(7-9-17)14(18)16-10-11-2-4-13(5-3-11)15(19)20/h11-13H,2-10H2,1H3,(H,16,18)(H,19,20). The van der Waals surface area contributed by atoms with Crippen molar-refractivity contribution in [2.45, 2.75) is 38.5 Å². The average molecular weight is 282 g/mol. The van der Waals surface area contributed by atoms with Crippen LogP contribution in [0.4, 0.5) is 0 Å². The summed E-state index contributed by atoms with van der Waals surface area (Å²) in [6.07, 6.45) is 5.26. The number of rotatable bonds is 4. The van der Waals surface area contributed by atoms with E-state index in [1.165, 1.54) is 0 Å². The second-order valence-corrected chi connectivity index (χ2v) is 6.38. The lowest BCUT2D eigenvalue weighted by Crippen LogP contribution is -2.41. The van der Waals surface area contributed by atoms with Crippen LogP contribution in [0, 0.1) is 17.8 Å². The molecule has 1 aliphatic carbocycles. The average Bonchev–Trinajstić information content (AvgIpc) is 2.46. The zero-order valence-corrected chi connectivity index (χ0v) is 12.3. The van der Waals surface area contributed by atoms with Crippen LogP contribution in [0.15, 0.2) is 0 Å². The molecule has 20 heavy (non-hydrogen) atoms. The van der Waals surface area contributed by atoms with Crippen LogP contribution in [0.3, 0.4) is 0 Å². The van der Waals surface area contributed by atoms with Crippen LogP contribution >= 0.6 is 0 Å². The smallest absolute Gasteiger partial charge is 0.306 e. The van der Waals surface area contributed by atoms with Gasteiger partial charge < -0.3 is 15.3 Å². The van der Waals surface area contributed by atoms with Gasteiger partial charge in [-0.25, -0.2) is 0 Å². The molecule has 0 atom stereocenters. The zero-order chi connectivity index (χ0) is 14.5. The number of nitrogens with one attached hydrogen (secondary N) is 1. The lowest BCUT2D eigenvalue weighted by molar-refractivity contribution is -0.143. The fraction of sp³-hybridized carbons (Fsp3) is 0.867. The monoisotopic (exact) mass is 282 g/mol. The first-order valence-corrected chi connectivity index (χ1v) is 7.75. The molecular formula is C15H26N2O3. The SMILES string of the molecule is CN1CCC(C(=O)NCC2CCC(C(=O)O)CC2)CC1. The lowest BCUT2D eigenvalue weighted by atomic mass is 9.82. The van der Waals surface area contributed by atoms with Crippen LogP contribution in [0.2, 0.25) is 0 Å². The molecule has 2 rings (SSSR count). The van der Waals surface area contributed by atoms with E-state index in [1.54, 1.807) is 0 Å². The molecule has 1 saturated heterocycles. The molecule has 2 aliphatic rings. The van der Waals surface area contributed by atoms with Gasteiger partial charge in [0.1, 0.15) is 0 Å². The minimum absolute atomic E-state index is 0.168. The van der Waals surface area contributed by atoms with E-state index in [-0.39, 0.29) is 17.7 Å². The summed E-state index contributed by atoms with van der Waals surface area (Å²) in [6.45, 7) is 2.72. The van der Waals surface area contributed by atoms with Crippen LogP contribution in [-0.2, 0) is 9.59 Å². The molecule has 0 spiro atoms. The maximum absolute atomic E-state index is 12.1. The van der Waals surface area contributed by atoms with Crippen LogP contribution in [0.5, 0.6) is 0 Å². The van der Waals surface area contributed by atoms with E-state index in [4.69, 9.17) is 5.11 Å². The number of carbonyl (C=O) groups excluding carboxylic acids is 1. The van der Waals surface area contributed by atoms with Crippen molar-refractivity contribution in [2.24, 2.45) is 17.8 Å². The number of likely N-dealkylation sites (tertiary alicyclic amines) is 1. The van der Waals surface area contributed by atoms with E-state index < -0.39 is 5.97 Å². The van der Waals surface area contributed by atoms with Crippen molar-refractivity contribution in [3.05, 3.63) is 0 Å². The van der Waals surface area contributed by atoms with Gasteiger partial charge in [0.25, 0.3) is 0 Å². The largest absolute Gasteiger partial charge is 0.481 e. The highest BCUT2D eigenvalue weighted by Crippen LogP contribution is 2.28. The first-order chi connectivity index (χ1) is 9.56. The molecule has 5 heteroatoms. The van der Waals surface area contributed by atoms with E-state index >= 15 is 0 Å². The third kappa shape index (κ3) is 4.20. The molecule has 0 radical (unpaired) electrons. The fourth-order valence-electron chi connectivity index (χ4n) is 3.27. The molecule has 5 nitrogen and oxygen atoms in total. The van der Waals surface area contributed by atoms with E-state index in [0.29, 0.717) is 5.92 Å². The Morgan fingerprint density at radius 3 is 2.20 bits per heavy atom. The van der Waals surface area contributed by atoms with Gasteiger partial charge >= 0.3 is 5.97 Å². The van der Waals surface area contributed by atoms with Crippen LogP contribution < -0.4 is 5.32 Å². The van der Waals surface area contributed by atoms with Gasteiger partial charge in [-0.2, -0.15) is 0 Å². The number of nitrogens with zero attached hydrogens (tertiary/aromatic N) is 1. The Morgan fingerprint density at radius 1 is 1.05 bits per heavy atom. The fourth-order valence-corrected chi connectivity index (χ4v) is 3.27. The molecule has 0 bridgehead atoms. The Hall–Kier alpha value is -1.10. The maximum atomic E-state index is 12.1. The molecule has 0 aromatic heterocycles. The second-order valence-electron chi connectivity index (χ2n) is 6.38. The molecule has 0 unspecified atom stereocenters. The minimum Gasteiger partial charge on any atom is -0.481 e. The number of amides is 1. The van der Waals surface area contributed by atoms with Gasteiger partial charge in [-0.15, -0.1) is 0 Å². The number of carboxylic acid groups (broad SMARTS) is 1. The molecule has 2 N–H and O–H groups in total. The summed E-state index contributed by atoms with van der Waals surface area (Å²) in [6, 6.07) is 0. The first-order valence-electron chi connectivity index (χ1n) is 7.75. The molecule has 1 saturated carbocycles. The molecular weight excluding hydrogens is 256 g/mol. The van der Waals surface area contributed by atoms with Gasteiger partial charge in [0.15, 0.2) is 0 Å². The predicted octanol–water partition coefficient (Wildman–Crippen LogP) is 1.34. The molecule has 1 heterocycles. The number of hydrogen-bond acceptors (Lipinski definition) is 3. The summed E-state index contributed by atoms with van der Waals surface area (Å²) in [7, 11) is 2.09. The lowest BCUT2D eigenvalue weighted by Gasteiger charge is -2.30. The Balaban J connectivity index is 1.65. The zero-order valence-electron chi connectivity index (χ0n) is 12.3. The molecule has 0 aromatic rings. The molecule has 2 fully saturated rings. The Morgan fingerprint density at radius 2 is 1.65 bits per heavy atom. The third-order valence-electron chi connectivity index (χ3n) is 4.85. The van der Waals surface area contributed by atoms with Gasteiger partial charge in [-0.05, 0) is 64.6 Å². The third-order valence-corrected chi connectivity index (χ3v) is 4.85. The molecule has 1 amide bonds. The highest BCUT2D eigenvalue weighted by atomic mass is 16.4. The summed E-state index contributed by atoms with van der Waals surface area (Å²) in [4.78, 5) is 25.2. The van der Waals surface area contributed by atoms with E-state index in [9.17, 15) is 9.59 Å². The van der Waals surface area contributed by atoms with Gasteiger partial charge in [-0.1, -0.05) is 0 Å². The van der Waals surface area contributed by atoms with Crippen LogP contribution in [0.1, 0.15) is 38.5 Å². The number of carboxylic acids is 1. The summed E-state index contributed by atoms with van der Waals surface area (Å²) < 4.78 is 0. The maximum Gasteiger partial charge on any atom is 0.306 e. The number of hydrogen-bond donors (Lipinski definition) is 2. The normalized spacial score (nSPS) is 29.1. The quantitative estimate of drug-likeness (QED) is 0.816. The van der Waals surface area contributed by atoms with E-state index in [0.717, 1.165) is 58.2 Å². The number of carbonyl (C=O) groups is 2. The van der Waals surface area contributed by atoms with Gasteiger partial charge in [-0.3, -0.25) is 9.59 Å². The molecule has 1 aliphatic heterocycles. The Kier molecular flexibility index (Phi) is 5.40. The van der Waals surface area contributed by atoms with E-state index in [1.807, 2.05) is 0 Å². The second kappa shape index (κ2) is 7.07. The predicted molar refractivity (Wildman–Crippen MR) is 76.3 cm³/mol. The van der Waals surface area contributed by atoms with Crippen molar-refractivity contribution >= 4 is 11.9 Å². The highest BCUT2D eigenvalue weighted by molar-refractivity contribution is 5.78. The summed E-state index contributed by atoms with van der Waals surface area (Å²) in [5.41, 5.74) is 0. The Labute approximate surface area is 120 Å². The topological polar surface area (TPSA) is 69.6 Å². The van der Waals surface area contributed by atoms with Crippen molar-refractivity contribution in [1.82, 2.24) is 10.2 Å². The van der Waals surface area contributed by atoms with Gasteiger partial charge in [0.05, 0.1) is 5.92 Å². The molecule has 0 aromatic carbocycles. The first kappa shape index (κ1) is 15.3. The van der Waals surface area contributed by atoms with Crippen LogP contribution in [0.25, 0.3) is 0 Å². The van der Waals surface area contributed by atoms with Crippen molar-refractivity contribution < 1.29 is 14.7 Å². The summed E-state index contributed by atoms with van der Waals surface area (Å²) >= 11 is 0. The number of piperidine rings is 1. The minimum atomic E-state index is -0.668. The molecule has 114 valence electrons. The van der Waals surface area contributed by atoms with E-state index in [2.05, 4.69) is 17.3 Å². The Bertz CT molecular complexity index is 343. The summed E-state index contributed by atoms with van der Waals surface area (Å²) in [5.74, 6) is -0.0181. The van der Waals surface area contributed by atoms with Crippen LogP contribution in [-0.4, -0.2) is 48.6 Å². The highest BCUT2D eigenvalue weighted by Gasteiger charge is 2.27. The van der Waals surface area contributed by atoms with Crippen molar-refractivity contribution in [2.75, 3.05) is 26.7 Å². The number of aliphatic carboxylic acids is 1. The van der Waals surface area contributed by atoms with Gasteiger partial charge in [0, 0.05) is 12.5 Å². The van der Waals surface area contributed by atoms with Gasteiger partial charge in [0.2, 0.25) is 5.91 Å². The van der Waals surface area contributed by atoms with Crippen molar-refractivity contribution in [3.63, 3.8) is 0 Å². The summed E-state index contributed by atoms with van der Waals surface area (Å²) in [5, 5.41) is 12.0. The van der Waals surface area contributed by atoms with Crippen molar-refractivity contribution in [1.29, 1.82) is 0 Å².